The maximum absolute atomic E-state index is 12.9. The van der Waals surface area contributed by atoms with E-state index in [1.54, 1.807) is 37.4 Å². The summed E-state index contributed by atoms with van der Waals surface area (Å²) >= 11 is 0. The number of nitrogens with one attached hydrogen (secondary N) is 2. The average molecular weight is 422 g/mol. The smallest absolute Gasteiger partial charge is 0.225 e. The lowest BCUT2D eigenvalue weighted by Gasteiger charge is -2.21. The van der Waals surface area contributed by atoms with Gasteiger partial charge in [-0.25, -0.2) is 9.98 Å². The zero-order chi connectivity index (χ0) is 22.5. The molecule has 1 aliphatic carbocycles. The van der Waals surface area contributed by atoms with Gasteiger partial charge >= 0.3 is 0 Å². The van der Waals surface area contributed by atoms with Crippen molar-refractivity contribution in [3.63, 3.8) is 0 Å². The van der Waals surface area contributed by atoms with Gasteiger partial charge in [0.15, 0.2) is 17.4 Å². The Morgan fingerprint density at radius 2 is 2.06 bits per heavy atom. The molecule has 1 aromatic carbocycles. The van der Waals surface area contributed by atoms with Crippen LogP contribution in [0.4, 0.5) is 17.2 Å². The molecular weight excluding hydrogens is 394 g/mol. The summed E-state index contributed by atoms with van der Waals surface area (Å²) in [7, 11) is 1.52. The number of methoxy groups -OCH3 is 1. The summed E-state index contributed by atoms with van der Waals surface area (Å²) in [6.07, 6.45) is 4.83. The molecule has 1 aromatic heterocycles. The van der Waals surface area contributed by atoms with E-state index in [9.17, 15) is 9.59 Å². The molecular formula is C23H27N5O3. The summed E-state index contributed by atoms with van der Waals surface area (Å²) in [4.78, 5) is 34.8. The number of pyridine rings is 1. The Balaban J connectivity index is 2.08. The molecule has 0 atom stereocenters. The number of anilines is 3. The maximum Gasteiger partial charge on any atom is 0.225 e. The fraction of sp³-hybridized carbons (Fsp3) is 0.348. The van der Waals surface area contributed by atoms with Gasteiger partial charge in [0, 0.05) is 37.9 Å². The minimum absolute atomic E-state index is 0.0172. The van der Waals surface area contributed by atoms with Crippen molar-refractivity contribution in [2.75, 3.05) is 23.9 Å². The van der Waals surface area contributed by atoms with Gasteiger partial charge in [-0.1, -0.05) is 6.07 Å². The van der Waals surface area contributed by atoms with Crippen molar-refractivity contribution in [1.29, 1.82) is 5.41 Å². The van der Waals surface area contributed by atoms with Gasteiger partial charge in [0.05, 0.1) is 29.6 Å². The minimum Gasteiger partial charge on any atom is -0.494 e. The number of carbonyl (C=O) groups is 2. The highest BCUT2D eigenvalue weighted by molar-refractivity contribution is 6.06. The highest BCUT2D eigenvalue weighted by atomic mass is 16.5. The minimum atomic E-state index is -0.132. The molecule has 1 heterocycles. The van der Waals surface area contributed by atoms with Crippen LogP contribution in [0, 0.1) is 11.3 Å². The molecule has 1 fully saturated rings. The number of amidine groups is 1. The van der Waals surface area contributed by atoms with E-state index in [0.717, 1.165) is 12.8 Å². The van der Waals surface area contributed by atoms with Crippen molar-refractivity contribution in [2.24, 2.45) is 10.9 Å². The van der Waals surface area contributed by atoms with Crippen LogP contribution in [0.1, 0.15) is 49.5 Å². The van der Waals surface area contributed by atoms with Gasteiger partial charge in [-0.05, 0) is 38.8 Å². The number of ketones is 1. The molecule has 0 bridgehead atoms. The van der Waals surface area contributed by atoms with Crippen LogP contribution in [0.25, 0.3) is 0 Å². The summed E-state index contributed by atoms with van der Waals surface area (Å²) in [5.41, 5.74) is 2.13. The van der Waals surface area contributed by atoms with Crippen LogP contribution in [0.5, 0.6) is 5.75 Å². The molecule has 0 radical (unpaired) electrons. The normalized spacial score (nSPS) is 13.2. The van der Waals surface area contributed by atoms with E-state index < -0.39 is 0 Å². The highest BCUT2D eigenvalue weighted by Crippen LogP contribution is 2.38. The van der Waals surface area contributed by atoms with Crippen molar-refractivity contribution >= 4 is 40.9 Å². The third kappa shape index (κ3) is 4.79. The Hall–Kier alpha value is -3.55. The Morgan fingerprint density at radius 1 is 1.32 bits per heavy atom. The number of amides is 1. The first kappa shape index (κ1) is 22.1. The van der Waals surface area contributed by atoms with Crippen LogP contribution in [0.2, 0.25) is 0 Å². The topological polar surface area (TPSA) is 108 Å². The number of carbonyl (C=O) groups excluding carboxylic acids is 2. The molecule has 1 saturated carbocycles. The van der Waals surface area contributed by atoms with E-state index in [4.69, 9.17) is 10.1 Å². The number of nitrogens with zero attached hydrogens (tertiary/aromatic N) is 3. The fourth-order valence-electron chi connectivity index (χ4n) is 3.39. The lowest BCUT2D eigenvalue weighted by atomic mass is 10.1. The van der Waals surface area contributed by atoms with Crippen LogP contribution in [0.3, 0.4) is 0 Å². The monoisotopic (exact) mass is 421 g/mol. The van der Waals surface area contributed by atoms with Crippen LogP contribution < -0.4 is 15.0 Å². The molecule has 1 amide bonds. The Bertz CT molecular complexity index is 1040. The molecule has 2 aromatic rings. The van der Waals surface area contributed by atoms with Gasteiger partial charge in [-0.2, -0.15) is 0 Å². The van der Waals surface area contributed by atoms with Gasteiger partial charge in [-0.15, -0.1) is 0 Å². The third-order valence-corrected chi connectivity index (χ3v) is 5.08. The molecule has 31 heavy (non-hydrogen) atoms. The highest BCUT2D eigenvalue weighted by Gasteiger charge is 2.32. The first-order chi connectivity index (χ1) is 14.9. The van der Waals surface area contributed by atoms with E-state index in [-0.39, 0.29) is 23.4 Å². The molecule has 2 N–H and O–H groups in total. The Kier molecular flexibility index (Phi) is 6.79. The number of benzene rings is 1. The standard InChI is InChI=1S/C23H27N5O3/c1-5-25-23(24)16-8-7-9-18(22(16)31-4)27-19-12-20(28(6-2)14(3)29)26-13-17(19)21(30)15-10-11-15/h5,7-9,12-13,15,24H,6,10-11H2,1-4H3,(H,26,27). The van der Waals surface area contributed by atoms with Gasteiger partial charge < -0.3 is 10.1 Å². The number of rotatable bonds is 8. The molecule has 0 aliphatic heterocycles. The van der Waals surface area contributed by atoms with Gasteiger partial charge in [0.1, 0.15) is 5.82 Å². The molecule has 0 spiro atoms. The number of para-hydroxylation sites is 1. The van der Waals surface area contributed by atoms with Crippen molar-refractivity contribution in [3.8, 4) is 5.75 Å². The number of hydrogen-bond acceptors (Lipinski definition) is 6. The van der Waals surface area contributed by atoms with Crippen LogP contribution in [0.15, 0.2) is 35.5 Å². The Morgan fingerprint density at radius 3 is 2.65 bits per heavy atom. The van der Waals surface area contributed by atoms with Gasteiger partial charge in [0.25, 0.3) is 0 Å². The SMILES string of the molecule is CC=NC(=N)c1cccc(Nc2cc(N(CC)C(C)=O)ncc2C(=O)C2CC2)c1OC. The third-order valence-electron chi connectivity index (χ3n) is 5.08. The van der Waals surface area contributed by atoms with Gasteiger partial charge in [-0.3, -0.25) is 19.9 Å². The van der Waals surface area contributed by atoms with Crippen LogP contribution in [-0.4, -0.2) is 42.4 Å². The fourth-order valence-corrected chi connectivity index (χ4v) is 3.39. The summed E-state index contributed by atoms with van der Waals surface area (Å²) < 4.78 is 5.57. The zero-order valence-corrected chi connectivity index (χ0v) is 18.2. The first-order valence-electron chi connectivity index (χ1n) is 10.2. The number of aromatic nitrogens is 1. The largest absolute Gasteiger partial charge is 0.494 e. The Labute approximate surface area is 181 Å². The number of aliphatic imine (C=N–C) groups is 1. The van der Waals surface area contributed by atoms with E-state index >= 15 is 0 Å². The summed E-state index contributed by atoms with van der Waals surface area (Å²) in [6.45, 7) is 5.55. The molecule has 3 rings (SSSR count). The maximum atomic E-state index is 12.9. The van der Waals surface area contributed by atoms with Crippen molar-refractivity contribution in [3.05, 3.63) is 41.6 Å². The average Bonchev–Trinajstić information content (AvgIpc) is 3.59. The summed E-state index contributed by atoms with van der Waals surface area (Å²) in [6, 6.07) is 7.06. The summed E-state index contributed by atoms with van der Waals surface area (Å²) in [5, 5.41) is 11.5. The van der Waals surface area contributed by atoms with Crippen molar-refractivity contribution < 1.29 is 14.3 Å². The lowest BCUT2D eigenvalue weighted by molar-refractivity contribution is -0.116. The molecule has 1 aliphatic rings. The van der Waals surface area contributed by atoms with Crippen molar-refractivity contribution in [2.45, 2.75) is 33.6 Å². The predicted molar refractivity (Wildman–Crippen MR) is 122 cm³/mol. The van der Waals surface area contributed by atoms with E-state index in [1.807, 2.05) is 6.92 Å². The second-order valence-electron chi connectivity index (χ2n) is 7.24. The summed E-state index contributed by atoms with van der Waals surface area (Å²) in [5.74, 6) is 0.895. The molecule has 0 unspecified atom stereocenters. The first-order valence-corrected chi connectivity index (χ1v) is 10.2. The van der Waals surface area contributed by atoms with E-state index in [2.05, 4.69) is 15.3 Å². The predicted octanol–water partition coefficient (Wildman–Crippen LogP) is 4.22. The van der Waals surface area contributed by atoms with E-state index in [0.29, 0.717) is 40.6 Å². The molecule has 0 saturated heterocycles. The number of hydrogen-bond donors (Lipinski definition) is 2. The number of ether oxygens (including phenoxy) is 1. The second kappa shape index (κ2) is 9.51. The number of Topliss-reactive ketones (excluding diaryl/α,β-unsaturated/α-hetero) is 1. The molecule has 8 heteroatoms. The van der Waals surface area contributed by atoms with Crippen LogP contribution >= 0.6 is 0 Å². The lowest BCUT2D eigenvalue weighted by Crippen LogP contribution is -2.29. The molecule has 162 valence electrons. The van der Waals surface area contributed by atoms with Gasteiger partial charge in [0.2, 0.25) is 5.91 Å². The zero-order valence-electron chi connectivity index (χ0n) is 18.2. The quantitative estimate of drug-likeness (QED) is 0.377. The second-order valence-corrected chi connectivity index (χ2v) is 7.24. The van der Waals surface area contributed by atoms with Crippen molar-refractivity contribution in [1.82, 2.24) is 4.98 Å². The van der Waals surface area contributed by atoms with Crippen LogP contribution in [-0.2, 0) is 4.79 Å². The van der Waals surface area contributed by atoms with E-state index in [1.165, 1.54) is 25.1 Å². The molecule has 8 nitrogen and oxygen atoms in total.